The minimum absolute atomic E-state index is 0.212. The first-order valence-corrected chi connectivity index (χ1v) is 18.5. The second-order valence-corrected chi connectivity index (χ2v) is 17.6. The van der Waals surface area contributed by atoms with Crippen molar-refractivity contribution in [3.63, 3.8) is 0 Å². The molecule has 0 N–H and O–H groups in total. The highest BCUT2D eigenvalue weighted by atomic mass is 32.3. The molecule has 0 aromatic heterocycles. The van der Waals surface area contributed by atoms with Crippen molar-refractivity contribution in [2.45, 2.75) is 77.6 Å². The first kappa shape index (κ1) is 33.9. The Morgan fingerprint density at radius 3 is 1.36 bits per heavy atom. The Balaban J connectivity index is 1.40. The summed E-state index contributed by atoms with van der Waals surface area (Å²) in [4.78, 5) is 13.9. The van der Waals surface area contributed by atoms with Crippen molar-refractivity contribution in [3.05, 3.63) is 91.0 Å². The van der Waals surface area contributed by atoms with Crippen molar-refractivity contribution < 1.29 is 47.9 Å². The predicted octanol–water partition coefficient (Wildman–Crippen LogP) is 9.24. The van der Waals surface area contributed by atoms with Gasteiger partial charge in [0, 0.05) is 14.7 Å². The molecule has 4 saturated carbocycles. The fourth-order valence-electron chi connectivity index (χ4n) is 8.30. The zero-order valence-corrected chi connectivity index (χ0v) is 26.8. The van der Waals surface area contributed by atoms with E-state index in [4.69, 9.17) is 3.63 Å². The summed E-state index contributed by atoms with van der Waals surface area (Å²) in [5.41, 5.74) is -6.12. The number of halogens is 6. The molecule has 0 saturated heterocycles. The van der Waals surface area contributed by atoms with E-state index in [1.165, 1.54) is 36.4 Å². The van der Waals surface area contributed by atoms with E-state index in [1.54, 1.807) is 54.6 Å². The fraction of sp³-hybridized carbons (Fsp3) is 0.441. The van der Waals surface area contributed by atoms with Crippen LogP contribution < -0.4 is 0 Å². The van der Waals surface area contributed by atoms with Crippen LogP contribution in [0.2, 0.25) is 0 Å². The van der Waals surface area contributed by atoms with E-state index < -0.39 is 61.9 Å². The number of benzene rings is 3. The standard InChI is InChI=1S/C34H34F6O5S2/c35-33(36,37)32(34(38,39)40,44-30(41)22-31-19-24-16-25(20-31)18-26(17-24)21-31)23-46(42,43)45-47(27-10-4-1-5-11-27,28-12-6-2-7-13-28)29-14-8-3-9-15-29/h1-15,24-26H,16-23H2. The van der Waals surface area contributed by atoms with Crippen molar-refractivity contribution >= 4 is 26.4 Å². The number of alkyl halides is 6. The van der Waals surface area contributed by atoms with Gasteiger partial charge in [-0.25, -0.2) is 3.63 Å². The quantitative estimate of drug-likeness (QED) is 0.156. The van der Waals surface area contributed by atoms with Gasteiger partial charge in [-0.05, 0) is 108 Å². The number of rotatable bonds is 10. The number of hydrogen-bond donors (Lipinski definition) is 0. The highest BCUT2D eigenvalue weighted by Gasteiger charge is 2.76. The average Bonchev–Trinajstić information content (AvgIpc) is 2.99. The van der Waals surface area contributed by atoms with Crippen molar-refractivity contribution in [2.75, 3.05) is 5.75 Å². The van der Waals surface area contributed by atoms with E-state index in [-0.39, 0.29) is 32.4 Å². The summed E-state index contributed by atoms with van der Waals surface area (Å²) in [6.45, 7) is 0. The molecule has 0 heterocycles. The van der Waals surface area contributed by atoms with Gasteiger partial charge in [0.1, 0.15) is 5.75 Å². The smallest absolute Gasteiger partial charge is 0.438 e. The van der Waals surface area contributed by atoms with E-state index in [9.17, 15) is 39.6 Å². The summed E-state index contributed by atoms with van der Waals surface area (Å²) in [6, 6.07) is 23.2. The molecule has 254 valence electrons. The molecular formula is C34H34F6O5S2. The minimum Gasteiger partial charge on any atom is -0.438 e. The van der Waals surface area contributed by atoms with Crippen LogP contribution >= 0.6 is 10.3 Å². The van der Waals surface area contributed by atoms with Crippen molar-refractivity contribution in [1.82, 2.24) is 0 Å². The molecule has 47 heavy (non-hydrogen) atoms. The van der Waals surface area contributed by atoms with Crippen LogP contribution in [0.5, 0.6) is 0 Å². The number of ether oxygens (including phenoxy) is 1. The Morgan fingerprint density at radius 1 is 0.660 bits per heavy atom. The topological polar surface area (TPSA) is 69.7 Å². The fourth-order valence-corrected chi connectivity index (χ4v) is 14.0. The van der Waals surface area contributed by atoms with Crippen LogP contribution in [0.3, 0.4) is 0 Å². The predicted molar refractivity (Wildman–Crippen MR) is 163 cm³/mol. The molecule has 0 amide bonds. The van der Waals surface area contributed by atoms with E-state index in [2.05, 4.69) is 4.74 Å². The highest BCUT2D eigenvalue weighted by molar-refractivity contribution is 8.33. The van der Waals surface area contributed by atoms with E-state index >= 15 is 0 Å². The van der Waals surface area contributed by atoms with Gasteiger partial charge in [-0.2, -0.15) is 34.8 Å². The molecule has 4 fully saturated rings. The summed E-state index contributed by atoms with van der Waals surface area (Å²) in [7, 11) is -9.27. The van der Waals surface area contributed by atoms with Gasteiger partial charge >= 0.3 is 23.9 Å². The lowest BCUT2D eigenvalue weighted by atomic mass is 9.49. The molecule has 0 spiro atoms. The van der Waals surface area contributed by atoms with Gasteiger partial charge in [-0.3, -0.25) is 4.79 Å². The Hall–Kier alpha value is -3.03. The van der Waals surface area contributed by atoms with Crippen molar-refractivity contribution in [1.29, 1.82) is 0 Å². The maximum absolute atomic E-state index is 14.8. The molecule has 3 aromatic rings. The minimum atomic E-state index is -6.34. The molecule has 4 aliphatic rings. The van der Waals surface area contributed by atoms with Gasteiger partial charge in [-0.1, -0.05) is 54.6 Å². The van der Waals surface area contributed by atoms with Crippen LogP contribution in [-0.2, 0) is 23.3 Å². The van der Waals surface area contributed by atoms with Crippen LogP contribution in [0.15, 0.2) is 106 Å². The zero-order valence-electron chi connectivity index (χ0n) is 25.2. The van der Waals surface area contributed by atoms with Gasteiger partial charge in [0.25, 0.3) is 10.1 Å². The van der Waals surface area contributed by atoms with E-state index in [1.807, 2.05) is 0 Å². The first-order chi connectivity index (χ1) is 22.1. The third-order valence-electron chi connectivity index (χ3n) is 9.70. The SMILES string of the molecule is O=C(CC12CC3CC(CC(C3)C1)C2)OC(CS(=O)(=O)OS(c1ccccc1)(c1ccccc1)c1ccccc1)(C(F)(F)F)C(F)(F)F. The van der Waals surface area contributed by atoms with Gasteiger partial charge in [0.05, 0.1) is 6.42 Å². The monoisotopic (exact) mass is 700 g/mol. The van der Waals surface area contributed by atoms with Gasteiger partial charge in [0.15, 0.2) is 0 Å². The van der Waals surface area contributed by atoms with Crippen LogP contribution in [-0.4, -0.2) is 38.1 Å². The van der Waals surface area contributed by atoms with Crippen LogP contribution in [0, 0.1) is 23.2 Å². The Morgan fingerprint density at radius 2 is 1.02 bits per heavy atom. The second-order valence-electron chi connectivity index (χ2n) is 13.2. The molecule has 4 aliphatic carbocycles. The Kier molecular flexibility index (Phi) is 8.74. The average molecular weight is 701 g/mol. The molecule has 0 radical (unpaired) electrons. The molecule has 5 nitrogen and oxygen atoms in total. The maximum atomic E-state index is 14.8. The molecule has 0 aliphatic heterocycles. The molecule has 7 rings (SSSR count). The lowest BCUT2D eigenvalue weighted by Gasteiger charge is -2.56. The molecule has 0 atom stereocenters. The van der Waals surface area contributed by atoms with Crippen LogP contribution in [0.1, 0.15) is 44.9 Å². The highest BCUT2D eigenvalue weighted by Crippen LogP contribution is 2.70. The number of hydrogen-bond acceptors (Lipinski definition) is 5. The number of carbonyl (C=O) groups is 1. The summed E-state index contributed by atoms with van der Waals surface area (Å²) < 4.78 is 126. The summed E-state index contributed by atoms with van der Waals surface area (Å²) >= 11 is 0. The lowest BCUT2D eigenvalue weighted by molar-refractivity contribution is -0.362. The Labute approximate surface area is 271 Å². The molecule has 4 bridgehead atoms. The largest absolute Gasteiger partial charge is 0.438 e. The number of esters is 1. The summed E-state index contributed by atoms with van der Waals surface area (Å²) in [5, 5.41) is 0. The number of carbonyl (C=O) groups excluding carboxylic acids is 1. The molecular weight excluding hydrogens is 666 g/mol. The van der Waals surface area contributed by atoms with Gasteiger partial charge in [0.2, 0.25) is 0 Å². The third-order valence-corrected chi connectivity index (χ3v) is 14.9. The zero-order chi connectivity index (χ0) is 33.7. The van der Waals surface area contributed by atoms with Crippen LogP contribution in [0.25, 0.3) is 0 Å². The van der Waals surface area contributed by atoms with Gasteiger partial charge in [-0.15, -0.1) is 0 Å². The van der Waals surface area contributed by atoms with Crippen LogP contribution in [0.4, 0.5) is 26.3 Å². The van der Waals surface area contributed by atoms with E-state index in [0.717, 1.165) is 19.3 Å². The summed E-state index contributed by atoms with van der Waals surface area (Å²) in [6.07, 6.45) is -8.94. The normalized spacial score (nSPS) is 25.0. The molecule has 0 unspecified atom stereocenters. The van der Waals surface area contributed by atoms with Crippen molar-refractivity contribution in [3.8, 4) is 0 Å². The first-order valence-electron chi connectivity index (χ1n) is 15.3. The van der Waals surface area contributed by atoms with Gasteiger partial charge < -0.3 is 4.74 Å². The summed E-state index contributed by atoms with van der Waals surface area (Å²) in [5.74, 6) is -3.63. The maximum Gasteiger partial charge on any atom is 0.438 e. The van der Waals surface area contributed by atoms with Crippen molar-refractivity contribution in [2.24, 2.45) is 23.2 Å². The Bertz CT molecular complexity index is 1530. The molecule has 13 heteroatoms. The molecule has 3 aromatic carbocycles. The third kappa shape index (κ3) is 6.42. The lowest BCUT2D eigenvalue weighted by Crippen LogP contribution is -2.64. The van der Waals surface area contributed by atoms with E-state index in [0.29, 0.717) is 19.3 Å². The second kappa shape index (κ2) is 12.1.